The van der Waals surface area contributed by atoms with Crippen LogP contribution >= 0.6 is 0 Å². The first-order valence-corrected chi connectivity index (χ1v) is 7.83. The molecule has 0 bridgehead atoms. The van der Waals surface area contributed by atoms with Crippen molar-refractivity contribution in [3.63, 3.8) is 0 Å². The number of para-hydroxylation sites is 2. The zero-order chi connectivity index (χ0) is 16.1. The lowest BCUT2D eigenvalue weighted by molar-refractivity contribution is 0.630. The van der Waals surface area contributed by atoms with Crippen LogP contribution < -0.4 is 0 Å². The fourth-order valence-corrected chi connectivity index (χ4v) is 3.27. The van der Waals surface area contributed by atoms with Crippen LogP contribution in [-0.2, 0) is 0 Å². The molecular weight excluding hydrogens is 296 g/mol. The lowest BCUT2D eigenvalue weighted by Gasteiger charge is -2.09. The molecule has 0 saturated heterocycles. The zero-order valence-corrected chi connectivity index (χ0v) is 12.9. The van der Waals surface area contributed by atoms with Gasteiger partial charge in [-0.05, 0) is 24.3 Å². The molecule has 4 nitrogen and oxygen atoms in total. The maximum absolute atomic E-state index is 4.57. The third-order valence-electron chi connectivity index (χ3n) is 4.36. The summed E-state index contributed by atoms with van der Waals surface area (Å²) in [4.78, 5) is 1.61. The molecule has 5 rings (SSSR count). The second-order valence-electron chi connectivity index (χ2n) is 5.76. The fourth-order valence-electron chi connectivity index (χ4n) is 3.27. The molecule has 0 aliphatic heterocycles. The Balaban J connectivity index is 1.82. The van der Waals surface area contributed by atoms with E-state index in [0.717, 1.165) is 22.1 Å². The van der Waals surface area contributed by atoms with Crippen LogP contribution in [-0.4, -0.2) is 19.6 Å². The number of nitrogens with zero attached hydrogens (tertiary/aromatic N) is 4. The summed E-state index contributed by atoms with van der Waals surface area (Å²) >= 11 is 0. The van der Waals surface area contributed by atoms with E-state index in [1.165, 1.54) is 10.8 Å². The normalized spacial score (nSPS) is 11.5. The van der Waals surface area contributed by atoms with Crippen LogP contribution in [0.5, 0.6) is 0 Å². The van der Waals surface area contributed by atoms with E-state index in [0.29, 0.717) is 5.82 Å². The van der Waals surface area contributed by atoms with E-state index in [2.05, 4.69) is 57.7 Å². The average molecular weight is 310 g/mol. The van der Waals surface area contributed by atoms with Crippen molar-refractivity contribution in [2.24, 2.45) is 0 Å². The van der Waals surface area contributed by atoms with Crippen LogP contribution in [0, 0.1) is 5.82 Å². The number of fused-ring (bicyclic) bond motifs is 4. The van der Waals surface area contributed by atoms with Gasteiger partial charge in [0, 0.05) is 10.8 Å². The lowest BCUT2D eigenvalue weighted by atomic mass is 10.2. The van der Waals surface area contributed by atoms with Crippen LogP contribution in [0.3, 0.4) is 0 Å². The van der Waals surface area contributed by atoms with Gasteiger partial charge in [-0.3, -0.25) is 4.57 Å². The Bertz CT molecular complexity index is 1140. The summed E-state index contributed by atoms with van der Waals surface area (Å²) in [5.74, 6) is 0.712. The molecule has 3 aromatic carbocycles. The van der Waals surface area contributed by atoms with Gasteiger partial charge in [0.1, 0.15) is 11.0 Å². The number of rotatable bonds is 2. The molecule has 0 N–H and O–H groups in total. The van der Waals surface area contributed by atoms with E-state index in [1.54, 1.807) is 4.80 Å². The topological polar surface area (TPSA) is 35.6 Å². The fraction of sp³-hybridized carbons (Fsp3) is 0. The van der Waals surface area contributed by atoms with Crippen LogP contribution in [0.4, 0.5) is 0 Å². The first-order chi connectivity index (χ1) is 11.8. The lowest BCUT2D eigenvalue weighted by Crippen LogP contribution is -2.12. The molecule has 0 fully saturated rings. The first kappa shape index (κ1) is 13.1. The highest BCUT2D eigenvalue weighted by Crippen LogP contribution is 2.30. The molecule has 114 valence electrons. The van der Waals surface area contributed by atoms with Crippen LogP contribution in [0.15, 0.2) is 79.4 Å². The standard InChI is InChI=1S/C20H14N4/c1-14(24-21-17-10-4-5-11-18(17)22-24)23-19-12-6-2-8-15(19)16-9-3-7-13-20(16)23/h2-13H,1H2. The minimum absolute atomic E-state index is 0.712. The van der Waals surface area contributed by atoms with Gasteiger partial charge >= 0.3 is 0 Å². The van der Waals surface area contributed by atoms with Crippen molar-refractivity contribution in [3.8, 4) is 0 Å². The van der Waals surface area contributed by atoms with Crippen molar-refractivity contribution >= 4 is 32.8 Å². The van der Waals surface area contributed by atoms with Gasteiger partial charge in [-0.15, -0.1) is 15.0 Å². The molecule has 4 heteroatoms. The molecule has 2 aromatic heterocycles. The van der Waals surface area contributed by atoms with Gasteiger partial charge in [0.2, 0.25) is 0 Å². The van der Waals surface area contributed by atoms with E-state index in [9.17, 15) is 0 Å². The molecule has 0 amide bonds. The molecule has 5 aromatic rings. The van der Waals surface area contributed by atoms with Crippen molar-refractivity contribution in [3.05, 3.63) is 85.2 Å². The molecule has 0 atom stereocenters. The summed E-state index contributed by atoms with van der Waals surface area (Å²) < 4.78 is 2.11. The van der Waals surface area contributed by atoms with Gasteiger partial charge in [-0.2, -0.15) is 0 Å². The van der Waals surface area contributed by atoms with Gasteiger partial charge in [-0.1, -0.05) is 55.1 Å². The summed E-state index contributed by atoms with van der Waals surface area (Å²) in [5.41, 5.74) is 3.92. The van der Waals surface area contributed by atoms with Crippen molar-refractivity contribution in [2.75, 3.05) is 0 Å². The highest BCUT2D eigenvalue weighted by Gasteiger charge is 2.14. The largest absolute Gasteiger partial charge is 0.293 e. The molecule has 0 spiro atoms. The van der Waals surface area contributed by atoms with E-state index in [1.807, 2.05) is 36.4 Å². The maximum atomic E-state index is 4.57. The Kier molecular flexibility index (Phi) is 2.61. The Morgan fingerprint density at radius 3 is 1.67 bits per heavy atom. The van der Waals surface area contributed by atoms with Crippen molar-refractivity contribution in [2.45, 2.75) is 0 Å². The van der Waals surface area contributed by atoms with Crippen LogP contribution in [0.1, 0.15) is 0 Å². The van der Waals surface area contributed by atoms with Gasteiger partial charge in [0.05, 0.1) is 11.0 Å². The minimum atomic E-state index is 0.712. The van der Waals surface area contributed by atoms with Crippen molar-refractivity contribution in [1.29, 1.82) is 0 Å². The molecular formula is C20H14N4. The van der Waals surface area contributed by atoms with Crippen LogP contribution in [0.2, 0.25) is 0 Å². The van der Waals surface area contributed by atoms with Gasteiger partial charge in [0.25, 0.3) is 0 Å². The minimum Gasteiger partial charge on any atom is -0.293 e. The predicted molar refractivity (Wildman–Crippen MR) is 96.6 cm³/mol. The number of benzene rings is 3. The second-order valence-corrected chi connectivity index (χ2v) is 5.76. The summed E-state index contributed by atoms with van der Waals surface area (Å²) in [6.45, 7) is 4.26. The molecule has 0 aliphatic carbocycles. The molecule has 24 heavy (non-hydrogen) atoms. The Labute approximate surface area is 138 Å². The van der Waals surface area contributed by atoms with E-state index in [4.69, 9.17) is 0 Å². The first-order valence-electron chi connectivity index (χ1n) is 7.83. The zero-order valence-electron chi connectivity index (χ0n) is 12.9. The molecule has 0 saturated carbocycles. The molecule has 0 radical (unpaired) electrons. The quantitative estimate of drug-likeness (QED) is 0.486. The van der Waals surface area contributed by atoms with Crippen LogP contribution in [0.25, 0.3) is 32.8 Å². The van der Waals surface area contributed by atoms with Crippen molar-refractivity contribution in [1.82, 2.24) is 19.6 Å². The average Bonchev–Trinajstić information content (AvgIpc) is 3.20. The molecule has 0 aliphatic rings. The maximum Gasteiger partial charge on any atom is 0.152 e. The van der Waals surface area contributed by atoms with Gasteiger partial charge in [0.15, 0.2) is 5.82 Å². The Morgan fingerprint density at radius 2 is 1.12 bits per heavy atom. The smallest absolute Gasteiger partial charge is 0.152 e. The van der Waals surface area contributed by atoms with E-state index >= 15 is 0 Å². The molecule has 0 unspecified atom stereocenters. The SMILES string of the molecule is C=C(n1nc2ccccc2n1)n1c2ccccc2c2ccccc21. The number of hydrogen-bond donors (Lipinski definition) is 0. The monoisotopic (exact) mass is 310 g/mol. The number of aromatic nitrogens is 4. The molecule has 2 heterocycles. The summed E-state index contributed by atoms with van der Waals surface area (Å²) in [5, 5.41) is 11.5. The summed E-state index contributed by atoms with van der Waals surface area (Å²) in [7, 11) is 0. The number of hydrogen-bond acceptors (Lipinski definition) is 2. The third kappa shape index (κ3) is 1.74. The van der Waals surface area contributed by atoms with E-state index < -0.39 is 0 Å². The Morgan fingerprint density at radius 1 is 0.667 bits per heavy atom. The highest BCUT2D eigenvalue weighted by molar-refractivity contribution is 6.08. The van der Waals surface area contributed by atoms with Gasteiger partial charge in [-0.25, -0.2) is 0 Å². The highest BCUT2D eigenvalue weighted by atomic mass is 15.5. The van der Waals surface area contributed by atoms with E-state index in [-0.39, 0.29) is 0 Å². The van der Waals surface area contributed by atoms with Gasteiger partial charge < -0.3 is 0 Å². The third-order valence-corrected chi connectivity index (χ3v) is 4.36. The summed E-state index contributed by atoms with van der Waals surface area (Å²) in [6, 6.07) is 24.5. The van der Waals surface area contributed by atoms with Crippen molar-refractivity contribution < 1.29 is 0 Å². The second kappa shape index (κ2) is 4.80. The Hall–Kier alpha value is -3.40. The predicted octanol–water partition coefficient (Wildman–Crippen LogP) is 4.33. The summed E-state index contributed by atoms with van der Waals surface area (Å²) in [6.07, 6.45) is 0.